The fraction of sp³-hybridized carbons (Fsp3) is 0.190. The summed E-state index contributed by atoms with van der Waals surface area (Å²) in [5.41, 5.74) is 1.12. The Balaban J connectivity index is 1.98. The van der Waals surface area contributed by atoms with E-state index < -0.39 is 0 Å². The zero-order chi connectivity index (χ0) is 18.7. The number of methoxy groups -OCH3 is 1. The van der Waals surface area contributed by atoms with Crippen molar-refractivity contribution < 1.29 is 18.6 Å². The first-order valence-electron chi connectivity index (χ1n) is 8.14. The molecule has 0 aliphatic carbocycles. The van der Waals surface area contributed by atoms with Crippen LogP contribution >= 0.6 is 0 Å². The van der Waals surface area contributed by atoms with E-state index in [1.807, 2.05) is 6.92 Å². The van der Waals surface area contributed by atoms with Gasteiger partial charge in [0, 0.05) is 12.1 Å². The normalized spacial score (nSPS) is 10.6. The molecule has 0 unspecified atom stereocenters. The van der Waals surface area contributed by atoms with Gasteiger partial charge in [-0.3, -0.25) is 4.79 Å². The van der Waals surface area contributed by atoms with Crippen LogP contribution < -0.4 is 19.6 Å². The van der Waals surface area contributed by atoms with Gasteiger partial charge in [-0.2, -0.15) is 0 Å². The zero-order valence-corrected chi connectivity index (χ0v) is 15.0. The van der Waals surface area contributed by atoms with Crippen LogP contribution in [0, 0.1) is 6.92 Å². The molecule has 0 atom stereocenters. The van der Waals surface area contributed by atoms with Crippen molar-refractivity contribution in [1.29, 1.82) is 0 Å². The minimum absolute atomic E-state index is 0.154. The molecule has 3 rings (SSSR count). The molecule has 0 saturated carbocycles. The number of aryl methyl sites for hydroxylation is 1. The van der Waals surface area contributed by atoms with Crippen molar-refractivity contribution >= 4 is 11.0 Å². The molecule has 0 bridgehead atoms. The summed E-state index contributed by atoms with van der Waals surface area (Å²) in [4.78, 5) is 12.8. The zero-order valence-electron chi connectivity index (χ0n) is 15.0. The number of rotatable bonds is 6. The lowest BCUT2D eigenvalue weighted by Gasteiger charge is -2.11. The van der Waals surface area contributed by atoms with Gasteiger partial charge < -0.3 is 18.6 Å². The quantitative estimate of drug-likeness (QED) is 0.593. The van der Waals surface area contributed by atoms with Crippen LogP contribution in [0.3, 0.4) is 0 Å². The van der Waals surface area contributed by atoms with Crippen LogP contribution in [0.2, 0.25) is 0 Å². The van der Waals surface area contributed by atoms with Crippen LogP contribution in [0.15, 0.2) is 63.8 Å². The maximum absolute atomic E-state index is 12.8. The summed E-state index contributed by atoms with van der Waals surface area (Å²) in [5.74, 6) is 2.30. The van der Waals surface area contributed by atoms with Crippen LogP contribution in [0.4, 0.5) is 0 Å². The summed E-state index contributed by atoms with van der Waals surface area (Å²) >= 11 is 0. The van der Waals surface area contributed by atoms with E-state index in [9.17, 15) is 4.79 Å². The second-order valence-corrected chi connectivity index (χ2v) is 6.00. The van der Waals surface area contributed by atoms with E-state index in [1.54, 1.807) is 56.5 Å². The Bertz CT molecular complexity index is 1020. The first-order valence-corrected chi connectivity index (χ1v) is 8.14. The average molecular weight is 352 g/mol. The molecule has 0 fully saturated rings. The molecule has 2 aromatic carbocycles. The van der Waals surface area contributed by atoms with E-state index in [2.05, 4.69) is 6.58 Å². The Morgan fingerprint density at radius 3 is 2.62 bits per heavy atom. The fourth-order valence-electron chi connectivity index (χ4n) is 2.47. The molecule has 26 heavy (non-hydrogen) atoms. The minimum Gasteiger partial charge on any atom is -0.497 e. The molecule has 134 valence electrons. The van der Waals surface area contributed by atoms with Gasteiger partial charge in [-0.15, -0.1) is 0 Å². The molecule has 0 aliphatic rings. The van der Waals surface area contributed by atoms with Crippen LogP contribution in [-0.2, 0) is 0 Å². The Hall–Kier alpha value is -3.21. The van der Waals surface area contributed by atoms with Gasteiger partial charge in [0.1, 0.15) is 35.2 Å². The van der Waals surface area contributed by atoms with Crippen LogP contribution in [-0.4, -0.2) is 13.7 Å². The Morgan fingerprint density at radius 1 is 1.12 bits per heavy atom. The lowest BCUT2D eigenvalue weighted by atomic mass is 10.2. The number of fused-ring (bicyclic) bond motifs is 1. The SMILES string of the molecule is C=C(C)COc1ccc2c(=O)c(Oc3cccc(OC)c3)c(C)oc2c1. The van der Waals surface area contributed by atoms with Gasteiger partial charge in [0.25, 0.3) is 0 Å². The van der Waals surface area contributed by atoms with Gasteiger partial charge in [0.2, 0.25) is 11.2 Å². The van der Waals surface area contributed by atoms with Gasteiger partial charge in [-0.1, -0.05) is 12.6 Å². The predicted octanol–water partition coefficient (Wildman–Crippen LogP) is 4.86. The molecule has 3 aromatic rings. The van der Waals surface area contributed by atoms with E-state index in [0.717, 1.165) is 5.57 Å². The first-order chi connectivity index (χ1) is 12.5. The summed E-state index contributed by atoms with van der Waals surface area (Å²) in [6.07, 6.45) is 0. The highest BCUT2D eigenvalue weighted by atomic mass is 16.5. The van der Waals surface area contributed by atoms with Crippen molar-refractivity contribution in [2.45, 2.75) is 13.8 Å². The van der Waals surface area contributed by atoms with Crippen molar-refractivity contribution in [2.75, 3.05) is 13.7 Å². The number of hydrogen-bond acceptors (Lipinski definition) is 5. The molecule has 0 amide bonds. The Kier molecular flexibility index (Phi) is 4.98. The second kappa shape index (κ2) is 7.35. The molecular weight excluding hydrogens is 332 g/mol. The average Bonchev–Trinajstić information content (AvgIpc) is 2.63. The molecule has 0 spiro atoms. The van der Waals surface area contributed by atoms with Gasteiger partial charge in [0.15, 0.2) is 0 Å². The summed E-state index contributed by atoms with van der Waals surface area (Å²) in [5, 5.41) is 0.427. The van der Waals surface area contributed by atoms with E-state index in [0.29, 0.717) is 40.6 Å². The minimum atomic E-state index is -0.238. The third-order valence-corrected chi connectivity index (χ3v) is 3.73. The Labute approximate surface area is 151 Å². The van der Waals surface area contributed by atoms with Crippen LogP contribution in [0.1, 0.15) is 12.7 Å². The lowest BCUT2D eigenvalue weighted by Crippen LogP contribution is -2.07. The van der Waals surface area contributed by atoms with E-state index >= 15 is 0 Å². The molecular formula is C21H20O5. The smallest absolute Gasteiger partial charge is 0.235 e. The molecule has 0 saturated heterocycles. The second-order valence-electron chi connectivity index (χ2n) is 6.00. The highest BCUT2D eigenvalue weighted by Crippen LogP contribution is 2.29. The van der Waals surface area contributed by atoms with E-state index in [-0.39, 0.29) is 11.2 Å². The fourth-order valence-corrected chi connectivity index (χ4v) is 2.47. The summed E-state index contributed by atoms with van der Waals surface area (Å²) in [7, 11) is 1.57. The molecule has 0 radical (unpaired) electrons. The van der Waals surface area contributed by atoms with Gasteiger partial charge in [-0.05, 0) is 43.7 Å². The molecule has 1 heterocycles. The van der Waals surface area contributed by atoms with Crippen molar-refractivity contribution in [2.24, 2.45) is 0 Å². The van der Waals surface area contributed by atoms with Crippen molar-refractivity contribution in [1.82, 2.24) is 0 Å². The van der Waals surface area contributed by atoms with Gasteiger partial charge >= 0.3 is 0 Å². The summed E-state index contributed by atoms with van der Waals surface area (Å²) in [6.45, 7) is 7.78. The van der Waals surface area contributed by atoms with Crippen LogP contribution in [0.25, 0.3) is 11.0 Å². The topological polar surface area (TPSA) is 57.9 Å². The third-order valence-electron chi connectivity index (χ3n) is 3.73. The molecule has 1 aromatic heterocycles. The number of hydrogen-bond donors (Lipinski definition) is 0. The van der Waals surface area contributed by atoms with Crippen molar-refractivity contribution in [3.8, 4) is 23.0 Å². The number of benzene rings is 2. The maximum atomic E-state index is 12.8. The van der Waals surface area contributed by atoms with E-state index in [4.69, 9.17) is 18.6 Å². The monoisotopic (exact) mass is 352 g/mol. The van der Waals surface area contributed by atoms with Crippen LogP contribution in [0.5, 0.6) is 23.0 Å². The molecule has 0 N–H and O–H groups in total. The van der Waals surface area contributed by atoms with Crippen molar-refractivity contribution in [3.63, 3.8) is 0 Å². The van der Waals surface area contributed by atoms with E-state index in [1.165, 1.54) is 0 Å². The molecule has 5 heteroatoms. The largest absolute Gasteiger partial charge is 0.497 e. The maximum Gasteiger partial charge on any atom is 0.235 e. The van der Waals surface area contributed by atoms with Gasteiger partial charge in [-0.25, -0.2) is 0 Å². The Morgan fingerprint density at radius 2 is 1.88 bits per heavy atom. The highest BCUT2D eigenvalue weighted by Gasteiger charge is 2.15. The number of ether oxygens (including phenoxy) is 3. The lowest BCUT2D eigenvalue weighted by molar-refractivity contribution is 0.352. The highest BCUT2D eigenvalue weighted by molar-refractivity contribution is 5.79. The molecule has 0 aliphatic heterocycles. The van der Waals surface area contributed by atoms with Crippen molar-refractivity contribution in [3.05, 3.63) is 70.6 Å². The predicted molar refractivity (Wildman–Crippen MR) is 101 cm³/mol. The summed E-state index contributed by atoms with van der Waals surface area (Å²) < 4.78 is 22.3. The standard InChI is InChI=1S/C21H20O5/c1-13(2)12-24-16-8-9-18-19(11-16)25-14(3)21(20(18)22)26-17-7-5-6-15(10-17)23-4/h5-11H,1,12H2,2-4H3. The molecule has 5 nitrogen and oxygen atoms in total. The first kappa shape index (κ1) is 17.6. The van der Waals surface area contributed by atoms with Gasteiger partial charge in [0.05, 0.1) is 12.5 Å². The third kappa shape index (κ3) is 3.72. The summed E-state index contributed by atoms with van der Waals surface area (Å²) in [6, 6.07) is 12.1.